The molecule has 0 fully saturated rings. The van der Waals surface area contributed by atoms with E-state index in [1.807, 2.05) is 104 Å². The maximum Gasteiger partial charge on any atom is 0.271 e. The standard InChI is InChI=1S/C27H21N3O2S/c1-18-23(25(31)29-21-15-9-4-10-16-21)24(20-13-7-3-8-14-20)30-26(32)22(33-27(30)28-18)17-19-11-5-2-6-12-19/h2-17,24H,1H3,(H,29,31)/b22-17-/t24-/m0/s1. The van der Waals surface area contributed by atoms with Gasteiger partial charge in [-0.1, -0.05) is 90.2 Å². The summed E-state index contributed by atoms with van der Waals surface area (Å²) in [5, 5.41) is 2.96. The molecule has 0 bridgehead atoms. The molecule has 0 aliphatic carbocycles. The highest BCUT2D eigenvalue weighted by Crippen LogP contribution is 2.30. The predicted molar refractivity (Wildman–Crippen MR) is 132 cm³/mol. The van der Waals surface area contributed by atoms with Crippen molar-refractivity contribution in [3.05, 3.63) is 133 Å². The van der Waals surface area contributed by atoms with Crippen LogP contribution in [0.4, 0.5) is 5.69 Å². The molecule has 0 spiro atoms. The van der Waals surface area contributed by atoms with Crippen LogP contribution >= 0.6 is 11.3 Å². The third-order valence-electron chi connectivity index (χ3n) is 5.51. The minimum atomic E-state index is -0.566. The highest BCUT2D eigenvalue weighted by atomic mass is 32.1. The van der Waals surface area contributed by atoms with Gasteiger partial charge in [0.2, 0.25) is 0 Å². The first-order valence-electron chi connectivity index (χ1n) is 10.6. The molecule has 4 aromatic rings. The SMILES string of the molecule is CC1=C(C(=O)Nc2ccccc2)[C@H](c2ccccc2)n2c(s/c(=C\c3ccccc3)c2=O)=N1. The Labute approximate surface area is 194 Å². The maximum absolute atomic E-state index is 13.6. The molecule has 5 rings (SSSR count). The summed E-state index contributed by atoms with van der Waals surface area (Å²) in [5.41, 5.74) is 3.40. The number of carbonyl (C=O) groups excluding carboxylic acids is 1. The van der Waals surface area contributed by atoms with Crippen molar-refractivity contribution >= 4 is 29.0 Å². The first-order valence-corrected chi connectivity index (χ1v) is 11.4. The summed E-state index contributed by atoms with van der Waals surface area (Å²) >= 11 is 1.34. The molecule has 162 valence electrons. The van der Waals surface area contributed by atoms with E-state index in [2.05, 4.69) is 10.3 Å². The van der Waals surface area contributed by atoms with Crippen molar-refractivity contribution in [1.82, 2.24) is 4.57 Å². The summed E-state index contributed by atoms with van der Waals surface area (Å²) in [5.74, 6) is -0.270. The summed E-state index contributed by atoms with van der Waals surface area (Å²) in [7, 11) is 0. The second-order valence-corrected chi connectivity index (χ2v) is 8.73. The van der Waals surface area contributed by atoms with Crippen LogP contribution in [0.5, 0.6) is 0 Å². The molecule has 1 atom stereocenters. The molecule has 0 radical (unpaired) electrons. The monoisotopic (exact) mass is 451 g/mol. The summed E-state index contributed by atoms with van der Waals surface area (Å²) in [4.78, 5) is 32.3. The van der Waals surface area contributed by atoms with E-state index < -0.39 is 6.04 Å². The summed E-state index contributed by atoms with van der Waals surface area (Å²) in [6.07, 6.45) is 1.87. The van der Waals surface area contributed by atoms with E-state index in [1.165, 1.54) is 11.3 Å². The Kier molecular flexibility index (Phi) is 5.59. The average Bonchev–Trinajstić information content (AvgIpc) is 3.14. The van der Waals surface area contributed by atoms with Crippen LogP contribution in [0.3, 0.4) is 0 Å². The number of carbonyl (C=O) groups is 1. The highest BCUT2D eigenvalue weighted by Gasteiger charge is 2.32. The average molecular weight is 452 g/mol. The second-order valence-electron chi connectivity index (χ2n) is 7.72. The summed E-state index contributed by atoms with van der Waals surface area (Å²) in [6, 6.07) is 28.1. The number of nitrogens with zero attached hydrogens (tertiary/aromatic N) is 2. The Morgan fingerprint density at radius 3 is 2.21 bits per heavy atom. The molecule has 0 saturated heterocycles. The number of nitrogens with one attached hydrogen (secondary N) is 1. The van der Waals surface area contributed by atoms with Crippen LogP contribution in [0.2, 0.25) is 0 Å². The van der Waals surface area contributed by atoms with Gasteiger partial charge in [-0.15, -0.1) is 0 Å². The number of amides is 1. The molecule has 33 heavy (non-hydrogen) atoms. The molecular formula is C27H21N3O2S. The number of anilines is 1. The van der Waals surface area contributed by atoms with Crippen LogP contribution < -0.4 is 20.2 Å². The van der Waals surface area contributed by atoms with E-state index in [0.29, 0.717) is 26.3 Å². The highest BCUT2D eigenvalue weighted by molar-refractivity contribution is 7.07. The molecule has 2 heterocycles. The van der Waals surface area contributed by atoms with E-state index >= 15 is 0 Å². The van der Waals surface area contributed by atoms with Crippen molar-refractivity contribution in [3.63, 3.8) is 0 Å². The lowest BCUT2D eigenvalue weighted by atomic mass is 9.95. The molecule has 0 unspecified atom stereocenters. The number of rotatable bonds is 4. The lowest BCUT2D eigenvalue weighted by Gasteiger charge is -2.25. The number of hydrogen-bond acceptors (Lipinski definition) is 4. The third-order valence-corrected chi connectivity index (χ3v) is 6.49. The molecule has 6 heteroatoms. The van der Waals surface area contributed by atoms with Crippen molar-refractivity contribution in [3.8, 4) is 0 Å². The van der Waals surface area contributed by atoms with Gasteiger partial charge in [-0.2, -0.15) is 0 Å². The lowest BCUT2D eigenvalue weighted by Crippen LogP contribution is -2.40. The topological polar surface area (TPSA) is 63.5 Å². The van der Waals surface area contributed by atoms with E-state index in [1.54, 1.807) is 4.57 Å². The predicted octanol–water partition coefficient (Wildman–Crippen LogP) is 3.87. The fraction of sp³-hybridized carbons (Fsp3) is 0.0741. The number of para-hydroxylation sites is 1. The van der Waals surface area contributed by atoms with Crippen LogP contribution in [0.1, 0.15) is 24.1 Å². The minimum absolute atomic E-state index is 0.158. The lowest BCUT2D eigenvalue weighted by molar-refractivity contribution is -0.113. The van der Waals surface area contributed by atoms with Crippen LogP contribution in [0.15, 0.2) is 112 Å². The molecule has 1 N–H and O–H groups in total. The molecule has 1 aliphatic rings. The number of allylic oxidation sites excluding steroid dienone is 1. The number of aromatic nitrogens is 1. The Balaban J connectivity index is 1.67. The number of hydrogen-bond donors (Lipinski definition) is 1. The van der Waals surface area contributed by atoms with Crippen molar-refractivity contribution in [2.24, 2.45) is 4.99 Å². The van der Waals surface area contributed by atoms with Gasteiger partial charge in [0.25, 0.3) is 11.5 Å². The normalized spacial score (nSPS) is 15.7. The van der Waals surface area contributed by atoms with Crippen molar-refractivity contribution in [2.75, 3.05) is 5.32 Å². The fourth-order valence-electron chi connectivity index (χ4n) is 3.98. The Morgan fingerprint density at radius 2 is 1.55 bits per heavy atom. The Bertz CT molecular complexity index is 1520. The van der Waals surface area contributed by atoms with Crippen molar-refractivity contribution < 1.29 is 4.79 Å². The molecule has 1 aliphatic heterocycles. The van der Waals surface area contributed by atoms with Crippen LogP contribution in [0, 0.1) is 0 Å². The van der Waals surface area contributed by atoms with Crippen LogP contribution in [-0.2, 0) is 4.79 Å². The van der Waals surface area contributed by atoms with Crippen LogP contribution in [-0.4, -0.2) is 10.5 Å². The molecule has 5 nitrogen and oxygen atoms in total. The molecule has 1 aromatic heterocycles. The van der Waals surface area contributed by atoms with Gasteiger partial charge in [-0.05, 0) is 36.3 Å². The summed E-state index contributed by atoms with van der Waals surface area (Å²) < 4.78 is 2.22. The van der Waals surface area contributed by atoms with Crippen molar-refractivity contribution in [1.29, 1.82) is 0 Å². The smallest absolute Gasteiger partial charge is 0.271 e. The zero-order chi connectivity index (χ0) is 22.8. The first kappa shape index (κ1) is 20.8. The fourth-order valence-corrected chi connectivity index (χ4v) is 5.03. The van der Waals surface area contributed by atoms with E-state index in [0.717, 1.165) is 11.1 Å². The largest absolute Gasteiger partial charge is 0.322 e. The molecular weight excluding hydrogens is 430 g/mol. The molecule has 0 saturated carbocycles. The molecule has 1 amide bonds. The van der Waals surface area contributed by atoms with Crippen molar-refractivity contribution in [2.45, 2.75) is 13.0 Å². The van der Waals surface area contributed by atoms with E-state index in [-0.39, 0.29) is 11.5 Å². The van der Waals surface area contributed by atoms with Gasteiger partial charge in [-0.3, -0.25) is 14.2 Å². The number of thiazole rings is 1. The first-order chi connectivity index (χ1) is 16.1. The number of benzene rings is 3. The quantitative estimate of drug-likeness (QED) is 0.512. The third kappa shape index (κ3) is 4.08. The van der Waals surface area contributed by atoms with E-state index in [9.17, 15) is 9.59 Å². The maximum atomic E-state index is 13.6. The van der Waals surface area contributed by atoms with Gasteiger partial charge in [0.1, 0.15) is 0 Å². The minimum Gasteiger partial charge on any atom is -0.322 e. The number of fused-ring (bicyclic) bond motifs is 1. The zero-order valence-electron chi connectivity index (χ0n) is 17.9. The van der Waals surface area contributed by atoms with Gasteiger partial charge < -0.3 is 5.32 Å². The van der Waals surface area contributed by atoms with Gasteiger partial charge in [0, 0.05) is 5.69 Å². The summed E-state index contributed by atoms with van der Waals surface area (Å²) in [6.45, 7) is 1.82. The zero-order valence-corrected chi connectivity index (χ0v) is 18.8. The van der Waals surface area contributed by atoms with Gasteiger partial charge in [0.15, 0.2) is 4.80 Å². The van der Waals surface area contributed by atoms with Gasteiger partial charge >= 0.3 is 0 Å². The van der Waals surface area contributed by atoms with Crippen LogP contribution in [0.25, 0.3) is 6.08 Å². The van der Waals surface area contributed by atoms with Gasteiger partial charge in [-0.25, -0.2) is 4.99 Å². The molecule has 3 aromatic carbocycles. The Morgan fingerprint density at radius 1 is 0.939 bits per heavy atom. The Hall–Kier alpha value is -4.03. The van der Waals surface area contributed by atoms with E-state index in [4.69, 9.17) is 0 Å². The second kappa shape index (κ2) is 8.84. The van der Waals surface area contributed by atoms with Gasteiger partial charge in [0.05, 0.1) is 21.8 Å².